The molecule has 266 valence electrons. The number of benzene rings is 5. The topological polar surface area (TPSA) is 117 Å². The molecule has 0 aliphatic rings. The molecule has 0 aromatic heterocycles. The van der Waals surface area contributed by atoms with Crippen LogP contribution in [0.3, 0.4) is 0 Å². The molecule has 2 N–H and O–H groups in total. The molecule has 4 amide bonds. The number of likely N-dealkylation sites (N-methyl/N-ethyl adjacent to an activating group) is 2. The lowest BCUT2D eigenvalue weighted by Gasteiger charge is -2.25. The molecule has 1 unspecified atom stereocenters. The summed E-state index contributed by atoms with van der Waals surface area (Å²) >= 11 is 0. The summed E-state index contributed by atoms with van der Waals surface area (Å²) in [6.45, 7) is 0. The van der Waals surface area contributed by atoms with Gasteiger partial charge in [0, 0.05) is 49.4 Å². The molecule has 0 fully saturated rings. The molecule has 5 aromatic carbocycles. The van der Waals surface area contributed by atoms with E-state index in [2.05, 4.69) is 10.6 Å². The van der Waals surface area contributed by atoms with E-state index in [9.17, 15) is 19.2 Å². The van der Waals surface area contributed by atoms with Gasteiger partial charge in [-0.1, -0.05) is 66.7 Å². The van der Waals surface area contributed by atoms with Crippen molar-refractivity contribution < 1.29 is 28.7 Å². The van der Waals surface area contributed by atoms with Crippen molar-refractivity contribution in [2.24, 2.45) is 0 Å². The van der Waals surface area contributed by atoms with Gasteiger partial charge >= 0.3 is 0 Å². The zero-order valence-electron chi connectivity index (χ0n) is 29.6. The molecule has 52 heavy (non-hydrogen) atoms. The third-order valence-corrected chi connectivity index (χ3v) is 8.74. The summed E-state index contributed by atoms with van der Waals surface area (Å²) in [5, 5.41) is 5.80. The first-order chi connectivity index (χ1) is 25.2. The number of amides is 4. The molecule has 0 bridgehead atoms. The first-order valence-electron chi connectivity index (χ1n) is 16.8. The number of carbonyl (C=O) groups excluding carboxylic acids is 4. The van der Waals surface area contributed by atoms with Gasteiger partial charge in [0.2, 0.25) is 11.8 Å². The van der Waals surface area contributed by atoms with E-state index in [0.29, 0.717) is 22.9 Å². The average molecular weight is 699 g/mol. The van der Waals surface area contributed by atoms with Crippen LogP contribution in [0.1, 0.15) is 31.8 Å². The lowest BCUT2D eigenvalue weighted by Crippen LogP contribution is -2.49. The van der Waals surface area contributed by atoms with E-state index < -0.39 is 23.9 Å². The molecular formula is C42H42N4O6. The van der Waals surface area contributed by atoms with Crippen molar-refractivity contribution in [1.29, 1.82) is 0 Å². The predicted molar refractivity (Wildman–Crippen MR) is 202 cm³/mol. The monoisotopic (exact) mass is 698 g/mol. The van der Waals surface area contributed by atoms with E-state index in [1.54, 1.807) is 95.0 Å². The van der Waals surface area contributed by atoms with Crippen molar-refractivity contribution >= 4 is 35.0 Å². The SMILES string of the molecule is COc1ccc(N(C)C(=O)C(Cc2ccccc2)NC(=O)c2cccc(C(=O)N[C@@H](Cc3ccccc3)C(=O)N(C)c3ccc(OC)cc3)c2)cc1. The Morgan fingerprint density at radius 1 is 0.519 bits per heavy atom. The first-order valence-corrected chi connectivity index (χ1v) is 16.8. The van der Waals surface area contributed by atoms with E-state index >= 15 is 0 Å². The smallest absolute Gasteiger partial charge is 0.251 e. The van der Waals surface area contributed by atoms with Gasteiger partial charge < -0.3 is 29.9 Å². The summed E-state index contributed by atoms with van der Waals surface area (Å²) in [5.41, 5.74) is 3.37. The minimum absolute atomic E-state index is 0.187. The maximum absolute atomic E-state index is 13.8. The molecule has 0 aliphatic heterocycles. The van der Waals surface area contributed by atoms with Crippen molar-refractivity contribution in [2.45, 2.75) is 24.9 Å². The molecule has 5 rings (SSSR count). The lowest BCUT2D eigenvalue weighted by molar-refractivity contribution is -0.120. The Hall–Kier alpha value is -6.42. The Bertz CT molecular complexity index is 1830. The zero-order valence-corrected chi connectivity index (χ0v) is 29.6. The van der Waals surface area contributed by atoms with Gasteiger partial charge in [0.05, 0.1) is 14.2 Å². The van der Waals surface area contributed by atoms with Gasteiger partial charge in [0.15, 0.2) is 0 Å². The zero-order chi connectivity index (χ0) is 37.0. The number of hydrogen-bond acceptors (Lipinski definition) is 6. The molecule has 2 atom stereocenters. The highest BCUT2D eigenvalue weighted by molar-refractivity contribution is 6.05. The summed E-state index contributed by atoms with van der Waals surface area (Å²) in [5.74, 6) is -0.379. The number of methoxy groups -OCH3 is 2. The maximum atomic E-state index is 13.8. The van der Waals surface area contributed by atoms with Crippen LogP contribution < -0.4 is 29.9 Å². The Morgan fingerprint density at radius 3 is 1.23 bits per heavy atom. The van der Waals surface area contributed by atoms with Crippen LogP contribution in [0.2, 0.25) is 0 Å². The van der Waals surface area contributed by atoms with Crippen LogP contribution in [-0.4, -0.2) is 64.0 Å². The van der Waals surface area contributed by atoms with Crippen LogP contribution in [0.4, 0.5) is 11.4 Å². The second-order valence-electron chi connectivity index (χ2n) is 12.2. The minimum Gasteiger partial charge on any atom is -0.497 e. The Labute approximate surface area is 304 Å². The minimum atomic E-state index is -0.916. The number of nitrogens with one attached hydrogen (secondary N) is 2. The van der Waals surface area contributed by atoms with Gasteiger partial charge in [-0.2, -0.15) is 0 Å². The molecule has 10 heteroatoms. The van der Waals surface area contributed by atoms with Gasteiger partial charge in [-0.3, -0.25) is 19.2 Å². The lowest BCUT2D eigenvalue weighted by atomic mass is 10.0. The highest BCUT2D eigenvalue weighted by Gasteiger charge is 2.28. The van der Waals surface area contributed by atoms with E-state index in [-0.39, 0.29) is 35.8 Å². The van der Waals surface area contributed by atoms with Gasteiger partial charge in [0.1, 0.15) is 23.6 Å². The molecular weight excluding hydrogens is 656 g/mol. The van der Waals surface area contributed by atoms with Crippen molar-refractivity contribution in [1.82, 2.24) is 10.6 Å². The van der Waals surface area contributed by atoms with Crippen LogP contribution >= 0.6 is 0 Å². The Morgan fingerprint density at radius 2 is 0.885 bits per heavy atom. The summed E-state index contributed by atoms with van der Waals surface area (Å²) < 4.78 is 10.5. The fourth-order valence-corrected chi connectivity index (χ4v) is 5.72. The quantitative estimate of drug-likeness (QED) is 0.154. The largest absolute Gasteiger partial charge is 0.497 e. The first kappa shape index (κ1) is 36.9. The van der Waals surface area contributed by atoms with Crippen LogP contribution in [0, 0.1) is 0 Å². The van der Waals surface area contributed by atoms with Gasteiger partial charge in [-0.15, -0.1) is 0 Å². The second kappa shape index (κ2) is 17.5. The maximum Gasteiger partial charge on any atom is 0.251 e. The van der Waals surface area contributed by atoms with Crippen molar-refractivity contribution in [3.63, 3.8) is 0 Å². The fourth-order valence-electron chi connectivity index (χ4n) is 5.72. The molecule has 0 saturated heterocycles. The van der Waals surface area contributed by atoms with Gasteiger partial charge in [0.25, 0.3) is 11.8 Å². The van der Waals surface area contributed by atoms with Gasteiger partial charge in [-0.05, 0) is 77.9 Å². The summed E-state index contributed by atoms with van der Waals surface area (Å²) in [4.78, 5) is 58.1. The average Bonchev–Trinajstić information content (AvgIpc) is 3.20. The highest BCUT2D eigenvalue weighted by Crippen LogP contribution is 2.21. The molecule has 0 spiro atoms. The molecule has 0 radical (unpaired) electrons. The van der Waals surface area contributed by atoms with Crippen molar-refractivity contribution in [2.75, 3.05) is 38.1 Å². The van der Waals surface area contributed by atoms with E-state index in [1.807, 2.05) is 60.7 Å². The number of hydrogen-bond donors (Lipinski definition) is 2. The van der Waals surface area contributed by atoms with Gasteiger partial charge in [-0.25, -0.2) is 0 Å². The van der Waals surface area contributed by atoms with E-state index in [0.717, 1.165) is 11.1 Å². The Balaban J connectivity index is 1.35. The number of nitrogens with zero attached hydrogens (tertiary/aromatic N) is 2. The number of anilines is 2. The van der Waals surface area contributed by atoms with Crippen LogP contribution in [0.15, 0.2) is 133 Å². The second-order valence-corrected chi connectivity index (χ2v) is 12.2. The fraction of sp³-hybridized carbons (Fsp3) is 0.190. The molecule has 0 heterocycles. The molecule has 5 aromatic rings. The molecule has 0 aliphatic carbocycles. The van der Waals surface area contributed by atoms with Crippen LogP contribution in [0.25, 0.3) is 0 Å². The molecule has 10 nitrogen and oxygen atoms in total. The third-order valence-electron chi connectivity index (χ3n) is 8.74. The highest BCUT2D eigenvalue weighted by atomic mass is 16.5. The molecule has 0 saturated carbocycles. The third kappa shape index (κ3) is 9.42. The van der Waals surface area contributed by atoms with Crippen molar-refractivity contribution in [3.8, 4) is 11.5 Å². The summed E-state index contributed by atoms with van der Waals surface area (Å²) in [6, 6.07) is 37.3. The van der Waals surface area contributed by atoms with E-state index in [1.165, 1.54) is 15.9 Å². The summed E-state index contributed by atoms with van der Waals surface area (Å²) in [7, 11) is 6.44. The summed E-state index contributed by atoms with van der Waals surface area (Å²) in [6.07, 6.45) is 0.494. The normalized spacial score (nSPS) is 11.8. The van der Waals surface area contributed by atoms with Crippen molar-refractivity contribution in [3.05, 3.63) is 156 Å². The number of ether oxygens (including phenoxy) is 2. The van der Waals surface area contributed by atoms with E-state index in [4.69, 9.17) is 9.47 Å². The number of rotatable bonds is 14. The standard InChI is InChI=1S/C42H42N4O6/c1-45(33-18-22-35(51-3)23-19-33)41(49)37(26-29-12-7-5-8-13-29)43-39(47)31-16-11-17-32(28-31)40(48)44-38(27-30-14-9-6-10-15-30)42(50)46(2)34-20-24-36(52-4)25-21-34/h5-25,28,37-38H,26-27H2,1-4H3,(H,43,47)(H,44,48)/t37-,38?/m0/s1. The van der Waals surface area contributed by atoms with Crippen LogP contribution in [0.5, 0.6) is 11.5 Å². The number of carbonyl (C=O) groups is 4. The predicted octanol–water partition coefficient (Wildman–Crippen LogP) is 5.71. The Kier molecular flexibility index (Phi) is 12.4. The van der Waals surface area contributed by atoms with Crippen LogP contribution in [-0.2, 0) is 22.4 Å².